The molecule has 0 saturated heterocycles. The first-order valence-electron chi connectivity index (χ1n) is 4.77. The minimum absolute atomic E-state index is 0.113. The van der Waals surface area contributed by atoms with Gasteiger partial charge in [-0.15, -0.1) is 11.3 Å². The maximum atomic E-state index is 11.6. The van der Waals surface area contributed by atoms with Crippen molar-refractivity contribution in [2.45, 2.75) is 13.8 Å². The van der Waals surface area contributed by atoms with Crippen LogP contribution in [0.5, 0.6) is 0 Å². The summed E-state index contributed by atoms with van der Waals surface area (Å²) in [6, 6.07) is 1.52. The van der Waals surface area contributed by atoms with Crippen LogP contribution in [0.2, 0.25) is 0 Å². The van der Waals surface area contributed by atoms with Crippen molar-refractivity contribution >= 4 is 28.2 Å². The van der Waals surface area contributed by atoms with E-state index in [1.165, 1.54) is 24.3 Å². The molecule has 0 aliphatic rings. The topological polar surface area (TPSA) is 85.1 Å². The highest BCUT2D eigenvalue weighted by atomic mass is 32.1. The number of hydrogen-bond donors (Lipinski definition) is 1. The van der Waals surface area contributed by atoms with Crippen molar-refractivity contribution in [3.63, 3.8) is 0 Å². The normalized spacial score (nSPS) is 10.2. The SMILES string of the molecule is CC(=O)c1csc(NC(=O)c2cc(C)no2)n1. The second kappa shape index (κ2) is 4.46. The summed E-state index contributed by atoms with van der Waals surface area (Å²) in [7, 11) is 0. The van der Waals surface area contributed by atoms with E-state index in [1.807, 2.05) is 0 Å². The number of aryl methyl sites for hydroxylation is 1. The number of nitrogens with zero attached hydrogens (tertiary/aromatic N) is 2. The summed E-state index contributed by atoms with van der Waals surface area (Å²) in [5, 5.41) is 8.08. The number of thiazole rings is 1. The summed E-state index contributed by atoms with van der Waals surface area (Å²) >= 11 is 1.18. The van der Waals surface area contributed by atoms with Crippen LogP contribution < -0.4 is 5.32 Å². The van der Waals surface area contributed by atoms with Gasteiger partial charge in [0, 0.05) is 18.4 Å². The molecule has 2 aromatic heterocycles. The van der Waals surface area contributed by atoms with E-state index in [9.17, 15) is 9.59 Å². The average molecular weight is 251 g/mol. The number of Topliss-reactive ketones (excluding diaryl/α,β-unsaturated/α-hetero) is 1. The van der Waals surface area contributed by atoms with Crippen LogP contribution in [0.1, 0.15) is 33.7 Å². The Kier molecular flexibility index (Phi) is 3.01. The number of rotatable bonds is 3. The van der Waals surface area contributed by atoms with Gasteiger partial charge in [-0.1, -0.05) is 5.16 Å². The number of carbonyl (C=O) groups excluding carboxylic acids is 2. The van der Waals surface area contributed by atoms with Crippen LogP contribution in [-0.2, 0) is 0 Å². The zero-order valence-corrected chi connectivity index (χ0v) is 10.00. The molecule has 0 aromatic carbocycles. The van der Waals surface area contributed by atoms with Gasteiger partial charge in [0.2, 0.25) is 5.76 Å². The van der Waals surface area contributed by atoms with Crippen LogP contribution in [0.3, 0.4) is 0 Å². The summed E-state index contributed by atoms with van der Waals surface area (Å²) in [6.07, 6.45) is 0. The zero-order chi connectivity index (χ0) is 12.4. The fourth-order valence-electron chi connectivity index (χ4n) is 1.12. The molecule has 0 aliphatic heterocycles. The van der Waals surface area contributed by atoms with Crippen molar-refractivity contribution in [2.75, 3.05) is 5.32 Å². The van der Waals surface area contributed by atoms with Crippen molar-refractivity contribution in [3.05, 3.63) is 28.6 Å². The Labute approximate surface area is 101 Å². The molecule has 1 N–H and O–H groups in total. The second-order valence-electron chi connectivity index (χ2n) is 3.38. The number of nitrogens with one attached hydrogen (secondary N) is 1. The van der Waals surface area contributed by atoms with Gasteiger partial charge in [0.1, 0.15) is 5.69 Å². The Bertz CT molecular complexity index is 573. The van der Waals surface area contributed by atoms with Crippen molar-refractivity contribution in [1.29, 1.82) is 0 Å². The minimum atomic E-state index is -0.435. The molecule has 6 nitrogen and oxygen atoms in total. The predicted molar refractivity (Wildman–Crippen MR) is 61.3 cm³/mol. The standard InChI is InChI=1S/C10H9N3O3S/c1-5-3-8(16-13-5)9(15)12-10-11-7(4-17-10)6(2)14/h3-4H,1-2H3,(H,11,12,15). The lowest BCUT2D eigenvalue weighted by molar-refractivity contribution is 0.0983. The number of anilines is 1. The van der Waals surface area contributed by atoms with Crippen LogP contribution >= 0.6 is 11.3 Å². The van der Waals surface area contributed by atoms with E-state index in [2.05, 4.69) is 15.5 Å². The van der Waals surface area contributed by atoms with Gasteiger partial charge in [0.25, 0.3) is 5.91 Å². The van der Waals surface area contributed by atoms with Gasteiger partial charge in [-0.2, -0.15) is 0 Å². The molecule has 0 spiro atoms. The van der Waals surface area contributed by atoms with Gasteiger partial charge in [-0.05, 0) is 6.92 Å². The Morgan fingerprint density at radius 2 is 2.24 bits per heavy atom. The van der Waals surface area contributed by atoms with Gasteiger partial charge in [-0.25, -0.2) is 4.98 Å². The van der Waals surface area contributed by atoms with E-state index >= 15 is 0 Å². The fourth-order valence-corrected chi connectivity index (χ4v) is 1.87. The first-order chi connectivity index (χ1) is 8.06. The highest BCUT2D eigenvalue weighted by Crippen LogP contribution is 2.16. The minimum Gasteiger partial charge on any atom is -0.351 e. The Hall–Kier alpha value is -2.02. The Morgan fingerprint density at radius 3 is 2.76 bits per heavy atom. The maximum absolute atomic E-state index is 11.6. The van der Waals surface area contributed by atoms with Gasteiger partial charge < -0.3 is 4.52 Å². The molecule has 2 aromatic rings. The molecule has 0 fully saturated rings. The summed E-state index contributed by atoms with van der Waals surface area (Å²) in [4.78, 5) is 26.6. The number of carbonyl (C=O) groups is 2. The Morgan fingerprint density at radius 1 is 1.47 bits per heavy atom. The van der Waals surface area contributed by atoms with Crippen LogP contribution in [0.15, 0.2) is 16.0 Å². The maximum Gasteiger partial charge on any atom is 0.296 e. The first-order valence-corrected chi connectivity index (χ1v) is 5.65. The molecule has 0 bridgehead atoms. The lowest BCUT2D eigenvalue weighted by atomic mass is 10.3. The van der Waals surface area contributed by atoms with Crippen LogP contribution in [0, 0.1) is 6.92 Å². The van der Waals surface area contributed by atoms with Crippen molar-refractivity contribution in [3.8, 4) is 0 Å². The molecular weight excluding hydrogens is 242 g/mol. The van der Waals surface area contributed by atoms with Gasteiger partial charge in [-0.3, -0.25) is 14.9 Å². The van der Waals surface area contributed by atoms with Gasteiger partial charge >= 0.3 is 0 Å². The molecule has 17 heavy (non-hydrogen) atoms. The summed E-state index contributed by atoms with van der Waals surface area (Å²) < 4.78 is 4.80. The molecular formula is C10H9N3O3S. The molecule has 1 amide bonds. The summed E-state index contributed by atoms with van der Waals surface area (Å²) in [5.74, 6) is -0.464. The van der Waals surface area contributed by atoms with E-state index in [4.69, 9.17) is 4.52 Å². The lowest BCUT2D eigenvalue weighted by Gasteiger charge is -1.95. The first kappa shape index (κ1) is 11.5. The summed E-state index contributed by atoms with van der Waals surface area (Å²) in [5.41, 5.74) is 0.956. The largest absolute Gasteiger partial charge is 0.351 e. The predicted octanol–water partition coefficient (Wildman–Crippen LogP) is 1.89. The third-order valence-corrected chi connectivity index (χ3v) is 2.69. The smallest absolute Gasteiger partial charge is 0.296 e. The lowest BCUT2D eigenvalue weighted by Crippen LogP contribution is -2.10. The van der Waals surface area contributed by atoms with E-state index in [-0.39, 0.29) is 11.5 Å². The van der Waals surface area contributed by atoms with Gasteiger partial charge in [0.15, 0.2) is 10.9 Å². The highest BCUT2D eigenvalue weighted by molar-refractivity contribution is 7.14. The number of amides is 1. The van der Waals surface area contributed by atoms with E-state index in [1.54, 1.807) is 12.3 Å². The molecule has 0 unspecified atom stereocenters. The number of aromatic nitrogens is 2. The zero-order valence-electron chi connectivity index (χ0n) is 9.18. The highest BCUT2D eigenvalue weighted by Gasteiger charge is 2.14. The van der Waals surface area contributed by atoms with E-state index in [0.29, 0.717) is 16.5 Å². The van der Waals surface area contributed by atoms with Crippen molar-refractivity contribution in [1.82, 2.24) is 10.1 Å². The molecule has 2 rings (SSSR count). The van der Waals surface area contributed by atoms with Crippen LogP contribution in [0.4, 0.5) is 5.13 Å². The molecule has 2 heterocycles. The summed E-state index contributed by atoms with van der Waals surface area (Å²) in [6.45, 7) is 3.14. The van der Waals surface area contributed by atoms with E-state index in [0.717, 1.165) is 0 Å². The van der Waals surface area contributed by atoms with Crippen molar-refractivity contribution < 1.29 is 14.1 Å². The van der Waals surface area contributed by atoms with Crippen LogP contribution in [0.25, 0.3) is 0 Å². The van der Waals surface area contributed by atoms with Crippen LogP contribution in [-0.4, -0.2) is 21.8 Å². The Balaban J connectivity index is 2.10. The van der Waals surface area contributed by atoms with E-state index < -0.39 is 5.91 Å². The monoisotopic (exact) mass is 251 g/mol. The molecule has 0 atom stereocenters. The number of hydrogen-bond acceptors (Lipinski definition) is 6. The molecule has 7 heteroatoms. The molecule has 0 radical (unpaired) electrons. The quantitative estimate of drug-likeness (QED) is 0.842. The number of ketones is 1. The molecule has 0 saturated carbocycles. The second-order valence-corrected chi connectivity index (χ2v) is 4.24. The average Bonchev–Trinajstić information content (AvgIpc) is 2.86. The van der Waals surface area contributed by atoms with Crippen molar-refractivity contribution in [2.24, 2.45) is 0 Å². The molecule has 0 aliphatic carbocycles. The third kappa shape index (κ3) is 2.56. The van der Waals surface area contributed by atoms with Gasteiger partial charge in [0.05, 0.1) is 5.69 Å². The molecule has 88 valence electrons. The fraction of sp³-hybridized carbons (Fsp3) is 0.200. The third-order valence-electron chi connectivity index (χ3n) is 1.94.